The van der Waals surface area contributed by atoms with Crippen LogP contribution in [0.25, 0.3) is 0 Å². The molecule has 0 saturated heterocycles. The largest absolute Gasteiger partial charge is 0.480 e. The second-order valence-corrected chi connectivity index (χ2v) is 16.6. The molecule has 0 aromatic carbocycles. The highest BCUT2D eigenvalue weighted by Gasteiger charge is 2.27. The van der Waals surface area contributed by atoms with Crippen molar-refractivity contribution >= 4 is 19.8 Å². The molecule has 0 aromatic rings. The van der Waals surface area contributed by atoms with Gasteiger partial charge < -0.3 is 25.2 Å². The Morgan fingerprint density at radius 3 is 1.40 bits per heavy atom. The number of unbranched alkanes of at least 4 members (excludes halogenated alkanes) is 25. The summed E-state index contributed by atoms with van der Waals surface area (Å²) in [6.45, 7) is 3.86. The zero-order valence-corrected chi connectivity index (χ0v) is 36.2. The Bertz CT molecular complexity index is 977. The van der Waals surface area contributed by atoms with Crippen molar-refractivity contribution in [3.05, 3.63) is 24.3 Å². The maximum atomic E-state index is 12.6. The molecule has 10 nitrogen and oxygen atoms in total. The highest BCUT2D eigenvalue weighted by atomic mass is 31.2. The minimum absolute atomic E-state index is 0.0153. The third kappa shape index (κ3) is 40.4. The molecule has 0 bridgehead atoms. The number of hydrogen-bond acceptors (Lipinski definition) is 8. The molecule has 324 valence electrons. The molecule has 0 aliphatic rings. The number of carbonyl (C=O) groups is 2. The number of esters is 1. The molecule has 3 unspecified atom stereocenters. The smallest absolute Gasteiger partial charge is 0.472 e. The summed E-state index contributed by atoms with van der Waals surface area (Å²) in [5, 5.41) is 8.89. The van der Waals surface area contributed by atoms with Gasteiger partial charge >= 0.3 is 19.8 Å². The molecule has 0 aliphatic heterocycles. The molecular formula is C44H84NO9P. The van der Waals surface area contributed by atoms with Crippen LogP contribution in [-0.4, -0.2) is 60.5 Å². The first kappa shape index (κ1) is 53.5. The van der Waals surface area contributed by atoms with Crippen LogP contribution < -0.4 is 5.73 Å². The molecule has 0 aliphatic carbocycles. The number of allylic oxidation sites excluding steroid dienone is 4. The van der Waals surface area contributed by atoms with Crippen molar-refractivity contribution in [1.82, 2.24) is 0 Å². The number of ether oxygens (including phenoxy) is 2. The van der Waals surface area contributed by atoms with Gasteiger partial charge in [-0.2, -0.15) is 0 Å². The molecule has 0 fully saturated rings. The Hall–Kier alpha value is -1.55. The topological polar surface area (TPSA) is 155 Å². The lowest BCUT2D eigenvalue weighted by atomic mass is 10.1. The second kappa shape index (κ2) is 40.6. The summed E-state index contributed by atoms with van der Waals surface area (Å²) in [5.74, 6) is -1.78. The Kier molecular flexibility index (Phi) is 39.5. The zero-order valence-electron chi connectivity index (χ0n) is 35.3. The van der Waals surface area contributed by atoms with E-state index in [4.69, 9.17) is 29.4 Å². The van der Waals surface area contributed by atoms with Crippen LogP contribution in [0.2, 0.25) is 0 Å². The second-order valence-electron chi connectivity index (χ2n) is 15.2. The number of carboxylic acids is 1. The first-order valence-electron chi connectivity index (χ1n) is 22.4. The van der Waals surface area contributed by atoms with Gasteiger partial charge in [0.25, 0.3) is 0 Å². The van der Waals surface area contributed by atoms with Crippen molar-refractivity contribution in [2.75, 3.05) is 26.4 Å². The summed E-state index contributed by atoms with van der Waals surface area (Å²) in [7, 11) is -4.61. The van der Waals surface area contributed by atoms with Gasteiger partial charge in [0.05, 0.1) is 19.8 Å². The molecule has 11 heteroatoms. The van der Waals surface area contributed by atoms with E-state index in [1.54, 1.807) is 0 Å². The average Bonchev–Trinajstić information content (AvgIpc) is 3.16. The standard InChI is InChI=1S/C44H84NO9P/c1-3-5-7-9-11-13-15-17-18-19-20-21-22-23-25-27-29-31-33-35-37-51-38-41(39-52-55(49,50)53-40-42(45)44(47)48)54-43(46)36-34-32-30-28-26-24-16-14-12-10-8-6-4-2/h14,16-18,41-42H,3-13,15,19-40,45H2,1-2H3,(H,47,48)(H,49,50)/b16-14-,18-17-. The van der Waals surface area contributed by atoms with Gasteiger partial charge in [-0.05, 0) is 64.2 Å². The molecule has 0 heterocycles. The SMILES string of the molecule is CCCCCC/C=C\CCCCCCCC(=O)OC(COCCCCCCCCCCCC/C=C\CCCCCCCC)COP(=O)(O)OCC(N)C(=O)O. The molecule has 0 amide bonds. The van der Waals surface area contributed by atoms with E-state index in [2.05, 4.69) is 38.2 Å². The maximum Gasteiger partial charge on any atom is 0.472 e. The van der Waals surface area contributed by atoms with Crippen molar-refractivity contribution in [3.63, 3.8) is 0 Å². The van der Waals surface area contributed by atoms with E-state index < -0.39 is 45.1 Å². The normalized spacial score (nSPS) is 14.1. The number of phosphoric acid groups is 1. The fraction of sp³-hybridized carbons (Fsp3) is 0.864. The number of phosphoric ester groups is 1. The van der Waals surface area contributed by atoms with Crippen molar-refractivity contribution in [2.24, 2.45) is 5.73 Å². The molecule has 0 radical (unpaired) electrons. The van der Waals surface area contributed by atoms with E-state index in [1.807, 2.05) is 0 Å². The van der Waals surface area contributed by atoms with Crippen LogP contribution in [0.3, 0.4) is 0 Å². The van der Waals surface area contributed by atoms with E-state index in [9.17, 15) is 19.0 Å². The summed E-state index contributed by atoms with van der Waals surface area (Å²) in [4.78, 5) is 33.5. The van der Waals surface area contributed by atoms with Crippen LogP contribution in [0, 0.1) is 0 Å². The Morgan fingerprint density at radius 1 is 0.564 bits per heavy atom. The first-order valence-corrected chi connectivity index (χ1v) is 23.9. The highest BCUT2D eigenvalue weighted by Crippen LogP contribution is 2.43. The number of aliphatic carboxylic acids is 1. The molecule has 0 aromatic heterocycles. The number of nitrogens with two attached hydrogens (primary N) is 1. The van der Waals surface area contributed by atoms with Gasteiger partial charge in [0.2, 0.25) is 0 Å². The quantitative estimate of drug-likeness (QED) is 0.0235. The van der Waals surface area contributed by atoms with Crippen LogP contribution in [0.1, 0.15) is 206 Å². The van der Waals surface area contributed by atoms with Crippen LogP contribution in [0.4, 0.5) is 0 Å². The van der Waals surface area contributed by atoms with Crippen LogP contribution >= 0.6 is 7.82 Å². The van der Waals surface area contributed by atoms with Gasteiger partial charge in [-0.3, -0.25) is 18.6 Å². The monoisotopic (exact) mass is 802 g/mol. The molecule has 0 rings (SSSR count). The Balaban J connectivity index is 4.17. The number of hydrogen-bond donors (Lipinski definition) is 3. The minimum Gasteiger partial charge on any atom is -0.480 e. The highest BCUT2D eigenvalue weighted by molar-refractivity contribution is 7.47. The summed E-state index contributed by atoms with van der Waals surface area (Å²) in [6.07, 6.45) is 43.7. The maximum absolute atomic E-state index is 12.6. The lowest BCUT2D eigenvalue weighted by Crippen LogP contribution is -2.34. The molecule has 4 N–H and O–H groups in total. The van der Waals surface area contributed by atoms with Crippen molar-refractivity contribution < 1.29 is 42.7 Å². The molecule has 3 atom stereocenters. The summed E-state index contributed by atoms with van der Waals surface area (Å²) >= 11 is 0. The van der Waals surface area contributed by atoms with E-state index in [-0.39, 0.29) is 13.0 Å². The number of carbonyl (C=O) groups excluding carboxylic acids is 1. The van der Waals surface area contributed by atoms with Gasteiger partial charge in [-0.15, -0.1) is 0 Å². The molecule has 55 heavy (non-hydrogen) atoms. The van der Waals surface area contributed by atoms with Crippen molar-refractivity contribution in [2.45, 2.75) is 219 Å². The van der Waals surface area contributed by atoms with Crippen molar-refractivity contribution in [3.8, 4) is 0 Å². The third-order valence-electron chi connectivity index (χ3n) is 9.70. The van der Waals surface area contributed by atoms with E-state index in [1.165, 1.54) is 128 Å². The van der Waals surface area contributed by atoms with Gasteiger partial charge in [-0.1, -0.05) is 160 Å². The average molecular weight is 802 g/mol. The molecule has 0 saturated carbocycles. The fourth-order valence-electron chi connectivity index (χ4n) is 6.18. The Morgan fingerprint density at radius 2 is 0.945 bits per heavy atom. The minimum atomic E-state index is -4.61. The van der Waals surface area contributed by atoms with Crippen molar-refractivity contribution in [1.29, 1.82) is 0 Å². The van der Waals surface area contributed by atoms with Crippen LogP contribution in [0.5, 0.6) is 0 Å². The molecule has 0 spiro atoms. The van der Waals surface area contributed by atoms with E-state index >= 15 is 0 Å². The predicted molar refractivity (Wildman–Crippen MR) is 226 cm³/mol. The van der Waals surface area contributed by atoms with Gasteiger partial charge in [0, 0.05) is 13.0 Å². The zero-order chi connectivity index (χ0) is 40.5. The third-order valence-corrected chi connectivity index (χ3v) is 10.7. The number of rotatable bonds is 43. The fourth-order valence-corrected chi connectivity index (χ4v) is 6.96. The van der Waals surface area contributed by atoms with Gasteiger partial charge in [0.15, 0.2) is 0 Å². The molecular weight excluding hydrogens is 717 g/mol. The lowest BCUT2D eigenvalue weighted by molar-refractivity contribution is -0.154. The lowest BCUT2D eigenvalue weighted by Gasteiger charge is -2.20. The summed E-state index contributed by atoms with van der Waals surface area (Å²) in [6, 6.07) is -1.47. The summed E-state index contributed by atoms with van der Waals surface area (Å²) < 4.78 is 33.3. The van der Waals surface area contributed by atoms with Crippen LogP contribution in [0.15, 0.2) is 24.3 Å². The summed E-state index contributed by atoms with van der Waals surface area (Å²) in [5.41, 5.74) is 5.35. The predicted octanol–water partition coefficient (Wildman–Crippen LogP) is 12.3. The number of carboxylic acid groups (broad SMARTS) is 1. The van der Waals surface area contributed by atoms with Crippen LogP contribution in [-0.2, 0) is 32.7 Å². The van der Waals surface area contributed by atoms with Gasteiger partial charge in [0.1, 0.15) is 12.1 Å². The van der Waals surface area contributed by atoms with E-state index in [0.29, 0.717) is 13.0 Å². The Labute approximate surface area is 336 Å². The van der Waals surface area contributed by atoms with Gasteiger partial charge in [-0.25, -0.2) is 4.57 Å². The van der Waals surface area contributed by atoms with E-state index in [0.717, 1.165) is 51.4 Å². The first-order chi connectivity index (χ1) is 26.7.